The Morgan fingerprint density at radius 3 is 2.62 bits per heavy atom. The predicted octanol–water partition coefficient (Wildman–Crippen LogP) is 2.63. The van der Waals surface area contributed by atoms with E-state index in [0.29, 0.717) is 0 Å². The number of halogens is 1. The molecule has 0 fully saturated rings. The van der Waals surface area contributed by atoms with Crippen molar-refractivity contribution in [3.63, 3.8) is 0 Å². The highest BCUT2D eigenvalue weighted by atomic mass is 19.1. The standard InChI is InChI=1S/C13H14FNO/c1-9-11(8-16)7-13(15(9)2)10-4-3-5-12(14)6-10/h3-7,16H,8H2,1-2H3. The molecule has 16 heavy (non-hydrogen) atoms. The van der Waals surface area contributed by atoms with Gasteiger partial charge >= 0.3 is 0 Å². The van der Waals surface area contributed by atoms with E-state index < -0.39 is 0 Å². The van der Waals surface area contributed by atoms with Crippen LogP contribution in [0.1, 0.15) is 11.3 Å². The number of nitrogens with zero attached hydrogens (tertiary/aromatic N) is 1. The third kappa shape index (κ3) is 1.74. The van der Waals surface area contributed by atoms with Crippen molar-refractivity contribution in [1.82, 2.24) is 4.57 Å². The fraction of sp³-hybridized carbons (Fsp3) is 0.231. The molecule has 1 N–H and O–H groups in total. The second kappa shape index (κ2) is 4.10. The molecule has 0 bridgehead atoms. The highest BCUT2D eigenvalue weighted by Crippen LogP contribution is 2.25. The second-order valence-corrected chi connectivity index (χ2v) is 3.87. The quantitative estimate of drug-likeness (QED) is 0.825. The third-order valence-corrected chi connectivity index (χ3v) is 2.93. The highest BCUT2D eigenvalue weighted by Gasteiger charge is 2.10. The van der Waals surface area contributed by atoms with Crippen molar-refractivity contribution < 1.29 is 9.50 Å². The van der Waals surface area contributed by atoms with Crippen LogP contribution < -0.4 is 0 Å². The van der Waals surface area contributed by atoms with E-state index in [1.165, 1.54) is 12.1 Å². The summed E-state index contributed by atoms with van der Waals surface area (Å²) in [4.78, 5) is 0. The van der Waals surface area contributed by atoms with Crippen LogP contribution in [-0.2, 0) is 13.7 Å². The molecule has 0 unspecified atom stereocenters. The first-order valence-electron chi connectivity index (χ1n) is 5.15. The maximum atomic E-state index is 13.1. The van der Waals surface area contributed by atoms with Gasteiger partial charge < -0.3 is 9.67 Å². The predicted molar refractivity (Wildman–Crippen MR) is 61.5 cm³/mol. The van der Waals surface area contributed by atoms with Crippen LogP contribution in [0.25, 0.3) is 11.3 Å². The molecule has 0 radical (unpaired) electrons. The molecule has 0 saturated heterocycles. The van der Waals surface area contributed by atoms with Gasteiger partial charge in [-0.3, -0.25) is 0 Å². The van der Waals surface area contributed by atoms with Crippen LogP contribution in [0.2, 0.25) is 0 Å². The summed E-state index contributed by atoms with van der Waals surface area (Å²) in [5.74, 6) is -0.248. The number of rotatable bonds is 2. The first kappa shape index (κ1) is 10.9. The molecular weight excluding hydrogens is 205 g/mol. The largest absolute Gasteiger partial charge is 0.392 e. The van der Waals surface area contributed by atoms with E-state index in [1.54, 1.807) is 6.07 Å². The zero-order chi connectivity index (χ0) is 11.7. The van der Waals surface area contributed by atoms with E-state index in [4.69, 9.17) is 0 Å². The minimum absolute atomic E-state index is 0.00892. The van der Waals surface area contributed by atoms with E-state index in [9.17, 15) is 9.50 Å². The van der Waals surface area contributed by atoms with Gasteiger partial charge in [0, 0.05) is 24.0 Å². The van der Waals surface area contributed by atoms with Gasteiger partial charge in [0.25, 0.3) is 0 Å². The van der Waals surface area contributed by atoms with Crippen molar-refractivity contribution in [2.45, 2.75) is 13.5 Å². The molecule has 0 saturated carbocycles. The summed E-state index contributed by atoms with van der Waals surface area (Å²) in [6, 6.07) is 8.36. The van der Waals surface area contributed by atoms with Gasteiger partial charge in [0.05, 0.1) is 6.61 Å². The minimum atomic E-state index is -0.248. The smallest absolute Gasteiger partial charge is 0.123 e. The van der Waals surface area contributed by atoms with E-state index in [2.05, 4.69) is 0 Å². The van der Waals surface area contributed by atoms with Crippen LogP contribution in [-0.4, -0.2) is 9.67 Å². The normalized spacial score (nSPS) is 10.8. The summed E-state index contributed by atoms with van der Waals surface area (Å²) < 4.78 is 15.1. The Hall–Kier alpha value is -1.61. The lowest BCUT2D eigenvalue weighted by atomic mass is 10.1. The average Bonchev–Trinajstić information content (AvgIpc) is 2.56. The Balaban J connectivity index is 2.56. The van der Waals surface area contributed by atoms with Gasteiger partial charge in [-0.25, -0.2) is 4.39 Å². The molecule has 0 aliphatic rings. The molecule has 2 nitrogen and oxygen atoms in total. The number of aliphatic hydroxyl groups excluding tert-OH is 1. The van der Waals surface area contributed by atoms with Crippen molar-refractivity contribution >= 4 is 0 Å². The van der Waals surface area contributed by atoms with Crippen molar-refractivity contribution in [1.29, 1.82) is 0 Å². The fourth-order valence-electron chi connectivity index (χ4n) is 1.85. The molecule has 1 heterocycles. The van der Waals surface area contributed by atoms with Crippen molar-refractivity contribution in [3.8, 4) is 11.3 Å². The molecule has 0 atom stereocenters. The summed E-state index contributed by atoms with van der Waals surface area (Å²) >= 11 is 0. The van der Waals surface area contributed by atoms with Gasteiger partial charge in [-0.05, 0) is 30.7 Å². The number of hydrogen-bond donors (Lipinski definition) is 1. The van der Waals surface area contributed by atoms with Crippen molar-refractivity contribution in [2.75, 3.05) is 0 Å². The number of benzene rings is 1. The van der Waals surface area contributed by atoms with Crippen LogP contribution in [0.4, 0.5) is 4.39 Å². The molecule has 1 aromatic carbocycles. The van der Waals surface area contributed by atoms with Crippen LogP contribution >= 0.6 is 0 Å². The Bertz CT molecular complexity index is 517. The lowest BCUT2D eigenvalue weighted by molar-refractivity contribution is 0.281. The Kier molecular flexibility index (Phi) is 2.79. The highest BCUT2D eigenvalue weighted by molar-refractivity contribution is 5.62. The van der Waals surface area contributed by atoms with Gasteiger partial charge in [-0.2, -0.15) is 0 Å². The number of hydrogen-bond acceptors (Lipinski definition) is 1. The summed E-state index contributed by atoms with van der Waals surface area (Å²) in [6.45, 7) is 1.95. The zero-order valence-corrected chi connectivity index (χ0v) is 9.37. The first-order valence-corrected chi connectivity index (χ1v) is 5.15. The van der Waals surface area contributed by atoms with Crippen LogP contribution in [0.3, 0.4) is 0 Å². The van der Waals surface area contributed by atoms with Gasteiger partial charge in [0.1, 0.15) is 5.82 Å². The summed E-state index contributed by atoms with van der Waals surface area (Å²) in [5.41, 5.74) is 3.62. The molecule has 3 heteroatoms. The lowest BCUT2D eigenvalue weighted by Crippen LogP contribution is -1.95. The minimum Gasteiger partial charge on any atom is -0.392 e. The monoisotopic (exact) mass is 219 g/mol. The van der Waals surface area contributed by atoms with Crippen LogP contribution in [0.5, 0.6) is 0 Å². The van der Waals surface area contributed by atoms with Crippen molar-refractivity contribution in [2.24, 2.45) is 7.05 Å². The Morgan fingerprint density at radius 2 is 2.06 bits per heavy atom. The first-order chi connectivity index (χ1) is 7.63. The fourth-order valence-corrected chi connectivity index (χ4v) is 1.85. The molecule has 0 aliphatic heterocycles. The summed E-state index contributed by atoms with van der Waals surface area (Å²) in [7, 11) is 1.91. The molecule has 2 rings (SSSR count). The Morgan fingerprint density at radius 1 is 1.31 bits per heavy atom. The van der Waals surface area contributed by atoms with Gasteiger partial charge in [-0.1, -0.05) is 12.1 Å². The SMILES string of the molecule is Cc1c(CO)cc(-c2cccc(F)c2)n1C. The molecule has 0 spiro atoms. The summed E-state index contributed by atoms with van der Waals surface area (Å²) in [6.07, 6.45) is 0. The van der Waals surface area contributed by atoms with E-state index >= 15 is 0 Å². The second-order valence-electron chi connectivity index (χ2n) is 3.87. The van der Waals surface area contributed by atoms with E-state index in [0.717, 1.165) is 22.5 Å². The molecule has 1 aromatic heterocycles. The van der Waals surface area contributed by atoms with E-state index in [-0.39, 0.29) is 12.4 Å². The summed E-state index contributed by atoms with van der Waals surface area (Å²) in [5, 5.41) is 9.17. The van der Waals surface area contributed by atoms with Gasteiger partial charge in [-0.15, -0.1) is 0 Å². The lowest BCUT2D eigenvalue weighted by Gasteiger charge is -2.05. The number of aliphatic hydroxyl groups is 1. The topological polar surface area (TPSA) is 25.2 Å². The average molecular weight is 219 g/mol. The molecular formula is C13H14FNO. The molecule has 84 valence electrons. The molecule has 0 aliphatic carbocycles. The van der Waals surface area contributed by atoms with Gasteiger partial charge in [0.15, 0.2) is 0 Å². The van der Waals surface area contributed by atoms with Crippen LogP contribution in [0.15, 0.2) is 30.3 Å². The maximum absolute atomic E-state index is 13.1. The van der Waals surface area contributed by atoms with Gasteiger partial charge in [0.2, 0.25) is 0 Å². The third-order valence-electron chi connectivity index (χ3n) is 2.93. The zero-order valence-electron chi connectivity index (χ0n) is 9.37. The van der Waals surface area contributed by atoms with Crippen LogP contribution in [0, 0.1) is 12.7 Å². The molecule has 2 aromatic rings. The maximum Gasteiger partial charge on any atom is 0.123 e. The molecule has 0 amide bonds. The number of aromatic nitrogens is 1. The van der Waals surface area contributed by atoms with Crippen molar-refractivity contribution in [3.05, 3.63) is 47.4 Å². The van der Waals surface area contributed by atoms with E-state index in [1.807, 2.05) is 30.7 Å². The Labute approximate surface area is 94.0 Å².